The van der Waals surface area contributed by atoms with Crippen molar-refractivity contribution < 1.29 is 9.53 Å². The van der Waals surface area contributed by atoms with Crippen LogP contribution in [0.15, 0.2) is 39.4 Å². The Bertz CT molecular complexity index is 647. The third kappa shape index (κ3) is 3.16. The Hall–Kier alpha value is -0.910. The number of pyridine rings is 1. The molecule has 0 aliphatic carbocycles. The second-order valence-corrected chi connectivity index (χ2v) is 5.84. The van der Waals surface area contributed by atoms with Gasteiger partial charge in [-0.05, 0) is 56.1 Å². The van der Waals surface area contributed by atoms with Gasteiger partial charge >= 0.3 is 0 Å². The fourth-order valence-corrected chi connectivity index (χ4v) is 2.88. The van der Waals surface area contributed by atoms with Crippen LogP contribution in [0.5, 0.6) is 5.75 Å². The highest BCUT2D eigenvalue weighted by molar-refractivity contribution is 9.11. The lowest BCUT2D eigenvalue weighted by Crippen LogP contribution is -2.05. The average Bonchev–Trinajstić information content (AvgIpc) is 2.38. The monoisotopic (exact) mass is 403 g/mol. The maximum absolute atomic E-state index is 12.4. The minimum absolute atomic E-state index is 0.200. The second kappa shape index (κ2) is 6.03. The molecule has 98 valence electrons. The summed E-state index contributed by atoms with van der Waals surface area (Å²) in [5.41, 5.74) is 0.810. The molecule has 0 spiro atoms. The summed E-state index contributed by atoms with van der Waals surface area (Å²) in [6.45, 7) is 0. The lowest BCUT2D eigenvalue weighted by molar-refractivity contribution is 0.103. The van der Waals surface area contributed by atoms with Gasteiger partial charge in [0.25, 0.3) is 0 Å². The first kappa shape index (κ1) is 14.5. The normalized spacial score (nSPS) is 10.3. The summed E-state index contributed by atoms with van der Waals surface area (Å²) in [6.07, 6.45) is 1.57. The lowest BCUT2D eigenvalue weighted by atomic mass is 10.1. The molecule has 0 aliphatic heterocycles. The van der Waals surface area contributed by atoms with Crippen LogP contribution >= 0.6 is 43.5 Å². The Morgan fingerprint density at radius 1 is 1.32 bits per heavy atom. The number of aromatic nitrogens is 1. The number of ketones is 1. The first-order valence-corrected chi connectivity index (χ1v) is 7.18. The highest BCUT2D eigenvalue weighted by Gasteiger charge is 2.16. The van der Waals surface area contributed by atoms with Gasteiger partial charge in [-0.15, -0.1) is 0 Å². The van der Waals surface area contributed by atoms with E-state index in [9.17, 15) is 4.79 Å². The van der Waals surface area contributed by atoms with E-state index in [-0.39, 0.29) is 5.78 Å². The predicted octanol–water partition coefficient (Wildman–Crippen LogP) is 4.50. The third-order valence-corrected chi connectivity index (χ3v) is 3.79. The van der Waals surface area contributed by atoms with Gasteiger partial charge in [0, 0.05) is 20.7 Å². The Kier molecular flexibility index (Phi) is 4.60. The van der Waals surface area contributed by atoms with Crippen molar-refractivity contribution in [3.05, 3.63) is 55.7 Å². The highest BCUT2D eigenvalue weighted by Crippen LogP contribution is 2.27. The van der Waals surface area contributed by atoms with Crippen molar-refractivity contribution in [2.75, 3.05) is 7.11 Å². The molecule has 1 heterocycles. The SMILES string of the molecule is COc1cc(C(=O)c2ncc(Br)cc2Br)ccc1Cl. The summed E-state index contributed by atoms with van der Waals surface area (Å²) in [5.74, 6) is 0.259. The summed E-state index contributed by atoms with van der Waals surface area (Å²) in [7, 11) is 1.50. The molecule has 0 radical (unpaired) electrons. The maximum atomic E-state index is 12.4. The molecule has 0 saturated heterocycles. The van der Waals surface area contributed by atoms with Crippen LogP contribution in [-0.4, -0.2) is 17.9 Å². The van der Waals surface area contributed by atoms with Gasteiger partial charge in [0.1, 0.15) is 11.4 Å². The third-order valence-electron chi connectivity index (χ3n) is 2.44. The van der Waals surface area contributed by atoms with Crippen molar-refractivity contribution in [1.82, 2.24) is 4.98 Å². The molecule has 0 saturated carbocycles. The van der Waals surface area contributed by atoms with Crippen molar-refractivity contribution in [2.24, 2.45) is 0 Å². The van der Waals surface area contributed by atoms with Crippen LogP contribution in [-0.2, 0) is 0 Å². The van der Waals surface area contributed by atoms with Crippen LogP contribution in [0.25, 0.3) is 0 Å². The molecule has 6 heteroatoms. The Morgan fingerprint density at radius 2 is 2.05 bits per heavy atom. The molecule has 0 atom stereocenters. The van der Waals surface area contributed by atoms with E-state index in [2.05, 4.69) is 36.8 Å². The van der Waals surface area contributed by atoms with E-state index in [0.29, 0.717) is 26.5 Å². The van der Waals surface area contributed by atoms with Crippen molar-refractivity contribution in [3.8, 4) is 5.75 Å². The van der Waals surface area contributed by atoms with E-state index >= 15 is 0 Å². The Balaban J connectivity index is 2.44. The summed E-state index contributed by atoms with van der Waals surface area (Å²) in [6, 6.07) is 6.64. The lowest BCUT2D eigenvalue weighted by Gasteiger charge is -2.07. The predicted molar refractivity (Wildman–Crippen MR) is 81.1 cm³/mol. The number of methoxy groups -OCH3 is 1. The standard InChI is InChI=1S/C13H8Br2ClNO2/c1-19-11-4-7(2-3-10(11)16)13(18)12-9(15)5-8(14)6-17-12/h2-6H,1H3. The molecule has 19 heavy (non-hydrogen) atoms. The van der Waals surface area contributed by atoms with E-state index in [1.807, 2.05) is 0 Å². The number of hydrogen-bond acceptors (Lipinski definition) is 3. The van der Waals surface area contributed by atoms with Gasteiger partial charge in [0.15, 0.2) is 0 Å². The average molecular weight is 405 g/mol. The minimum Gasteiger partial charge on any atom is -0.495 e. The van der Waals surface area contributed by atoms with Gasteiger partial charge in [0.05, 0.1) is 12.1 Å². The second-order valence-electron chi connectivity index (χ2n) is 3.66. The van der Waals surface area contributed by atoms with E-state index in [4.69, 9.17) is 16.3 Å². The molecular weight excluding hydrogens is 397 g/mol. The van der Waals surface area contributed by atoms with Gasteiger partial charge in [-0.1, -0.05) is 11.6 Å². The van der Waals surface area contributed by atoms with E-state index in [1.165, 1.54) is 7.11 Å². The molecule has 1 aromatic carbocycles. The number of ether oxygens (including phenoxy) is 1. The number of rotatable bonds is 3. The molecular formula is C13H8Br2ClNO2. The number of nitrogens with zero attached hydrogens (tertiary/aromatic N) is 1. The quantitative estimate of drug-likeness (QED) is 0.706. The van der Waals surface area contributed by atoms with Crippen LogP contribution in [0.1, 0.15) is 16.1 Å². The van der Waals surface area contributed by atoms with Gasteiger partial charge in [0.2, 0.25) is 5.78 Å². The topological polar surface area (TPSA) is 39.2 Å². The van der Waals surface area contributed by atoms with Crippen molar-refractivity contribution >= 4 is 49.2 Å². The van der Waals surface area contributed by atoms with Crippen LogP contribution in [0.4, 0.5) is 0 Å². The molecule has 0 unspecified atom stereocenters. The molecule has 0 amide bonds. The fourth-order valence-electron chi connectivity index (χ4n) is 1.52. The van der Waals surface area contributed by atoms with Gasteiger partial charge in [-0.25, -0.2) is 0 Å². The molecule has 0 N–H and O–H groups in total. The van der Waals surface area contributed by atoms with Gasteiger partial charge in [-0.3, -0.25) is 9.78 Å². The first-order chi connectivity index (χ1) is 9.02. The van der Waals surface area contributed by atoms with Crippen LogP contribution in [0.3, 0.4) is 0 Å². The zero-order valence-electron chi connectivity index (χ0n) is 9.78. The van der Waals surface area contributed by atoms with E-state index in [1.54, 1.807) is 30.5 Å². The number of hydrogen-bond donors (Lipinski definition) is 0. The summed E-state index contributed by atoms with van der Waals surface area (Å²) in [5, 5.41) is 0.460. The number of benzene rings is 1. The molecule has 2 aromatic rings. The zero-order valence-corrected chi connectivity index (χ0v) is 13.7. The highest BCUT2D eigenvalue weighted by atomic mass is 79.9. The van der Waals surface area contributed by atoms with Gasteiger partial charge < -0.3 is 4.74 Å². The number of halogens is 3. The Morgan fingerprint density at radius 3 is 2.68 bits per heavy atom. The largest absolute Gasteiger partial charge is 0.495 e. The fraction of sp³-hybridized carbons (Fsp3) is 0.0769. The maximum Gasteiger partial charge on any atom is 0.212 e. The van der Waals surface area contributed by atoms with Crippen molar-refractivity contribution in [1.29, 1.82) is 0 Å². The number of carbonyl (C=O) groups is 1. The van der Waals surface area contributed by atoms with Crippen molar-refractivity contribution in [3.63, 3.8) is 0 Å². The smallest absolute Gasteiger partial charge is 0.212 e. The van der Waals surface area contributed by atoms with Crippen molar-refractivity contribution in [2.45, 2.75) is 0 Å². The van der Waals surface area contributed by atoms with Crippen LogP contribution < -0.4 is 4.74 Å². The zero-order chi connectivity index (χ0) is 14.0. The number of carbonyl (C=O) groups excluding carboxylic acids is 1. The van der Waals surface area contributed by atoms with Gasteiger partial charge in [-0.2, -0.15) is 0 Å². The molecule has 2 rings (SSSR count). The molecule has 0 bridgehead atoms. The molecule has 3 nitrogen and oxygen atoms in total. The minimum atomic E-state index is -0.200. The Labute approximate surface area is 132 Å². The van der Waals surface area contributed by atoms with E-state index in [0.717, 1.165) is 4.47 Å². The summed E-state index contributed by atoms with van der Waals surface area (Å²) >= 11 is 12.5. The van der Waals surface area contributed by atoms with Crippen LogP contribution in [0, 0.1) is 0 Å². The van der Waals surface area contributed by atoms with Crippen LogP contribution in [0.2, 0.25) is 5.02 Å². The molecule has 1 aromatic heterocycles. The summed E-state index contributed by atoms with van der Waals surface area (Å²) in [4.78, 5) is 16.5. The van der Waals surface area contributed by atoms with E-state index < -0.39 is 0 Å². The summed E-state index contributed by atoms with van der Waals surface area (Å²) < 4.78 is 6.52. The molecule has 0 aliphatic rings. The molecule has 0 fully saturated rings. The first-order valence-electron chi connectivity index (χ1n) is 5.22.